The standard InChI is InChI=1S/C35H32BrN3O6S/c1-6-43-26-13-11-25(12-14-26)31-30(34(41)45-20(2)3)21(4)38-35-39(31)33(40)29(46-35)17-24-15-27(36)32(28(16-24)42-5)44-19-23-9-7-22(18-37)8-10-23/h7-17,20,31H,6,19H2,1-5H3/b29-17-/t31-/m0/s1. The Kier molecular flexibility index (Phi) is 10.1. The molecule has 1 aromatic heterocycles. The third kappa shape index (κ3) is 6.93. The molecule has 0 radical (unpaired) electrons. The Balaban J connectivity index is 1.55. The number of hydrogen-bond donors (Lipinski definition) is 0. The molecule has 1 aliphatic heterocycles. The number of benzene rings is 3. The third-order valence-corrected chi connectivity index (χ3v) is 8.68. The third-order valence-electron chi connectivity index (χ3n) is 7.11. The number of fused-ring (bicyclic) bond motifs is 1. The van der Waals surface area contributed by atoms with E-state index in [-0.39, 0.29) is 18.3 Å². The summed E-state index contributed by atoms with van der Waals surface area (Å²) >= 11 is 4.84. The van der Waals surface area contributed by atoms with E-state index >= 15 is 0 Å². The average molecular weight is 703 g/mol. The minimum atomic E-state index is -0.736. The van der Waals surface area contributed by atoms with E-state index in [2.05, 4.69) is 27.0 Å². The zero-order valence-corrected chi connectivity index (χ0v) is 28.4. The summed E-state index contributed by atoms with van der Waals surface area (Å²) in [6.07, 6.45) is 1.42. The van der Waals surface area contributed by atoms with E-state index in [0.717, 1.165) is 11.1 Å². The van der Waals surface area contributed by atoms with E-state index in [0.29, 0.717) is 60.1 Å². The van der Waals surface area contributed by atoms with Gasteiger partial charge < -0.3 is 18.9 Å². The lowest BCUT2D eigenvalue weighted by Crippen LogP contribution is -2.40. The van der Waals surface area contributed by atoms with E-state index in [1.165, 1.54) is 11.3 Å². The van der Waals surface area contributed by atoms with Crippen LogP contribution in [-0.4, -0.2) is 30.4 Å². The van der Waals surface area contributed by atoms with Crippen LogP contribution in [0.25, 0.3) is 6.08 Å². The highest BCUT2D eigenvalue weighted by Crippen LogP contribution is 2.37. The van der Waals surface area contributed by atoms with Gasteiger partial charge in [0.05, 0.1) is 57.8 Å². The van der Waals surface area contributed by atoms with Crippen LogP contribution in [0.1, 0.15) is 56.0 Å². The van der Waals surface area contributed by atoms with Crippen molar-refractivity contribution in [1.82, 2.24) is 4.57 Å². The highest BCUT2D eigenvalue weighted by atomic mass is 79.9. The molecule has 46 heavy (non-hydrogen) atoms. The van der Waals surface area contributed by atoms with Gasteiger partial charge in [0.1, 0.15) is 12.4 Å². The zero-order valence-electron chi connectivity index (χ0n) is 26.0. The number of hydrogen-bond acceptors (Lipinski definition) is 9. The number of carbonyl (C=O) groups excluding carboxylic acids is 1. The van der Waals surface area contributed by atoms with Gasteiger partial charge in [0.25, 0.3) is 5.56 Å². The minimum Gasteiger partial charge on any atom is -0.494 e. The first-order chi connectivity index (χ1) is 22.1. The molecule has 2 heterocycles. The molecule has 0 fully saturated rings. The molecule has 4 aromatic rings. The van der Waals surface area contributed by atoms with Gasteiger partial charge in [-0.05, 0) is 103 Å². The van der Waals surface area contributed by atoms with Gasteiger partial charge in [0.2, 0.25) is 0 Å². The molecule has 0 spiro atoms. The molecule has 236 valence electrons. The highest BCUT2D eigenvalue weighted by molar-refractivity contribution is 9.10. The molecule has 1 aliphatic rings. The summed E-state index contributed by atoms with van der Waals surface area (Å²) in [7, 11) is 1.55. The van der Waals surface area contributed by atoms with Gasteiger partial charge in [-0.1, -0.05) is 35.6 Å². The summed E-state index contributed by atoms with van der Waals surface area (Å²) in [5.74, 6) is 1.15. The summed E-state index contributed by atoms with van der Waals surface area (Å²) < 4.78 is 25.5. The number of carbonyl (C=O) groups is 1. The lowest BCUT2D eigenvalue weighted by Gasteiger charge is -2.25. The smallest absolute Gasteiger partial charge is 0.338 e. The highest BCUT2D eigenvalue weighted by Gasteiger charge is 2.34. The summed E-state index contributed by atoms with van der Waals surface area (Å²) in [6.45, 7) is 8.02. The fourth-order valence-electron chi connectivity index (χ4n) is 5.03. The van der Waals surface area contributed by atoms with Crippen LogP contribution >= 0.6 is 27.3 Å². The minimum absolute atomic E-state index is 0.269. The van der Waals surface area contributed by atoms with Gasteiger partial charge in [-0.3, -0.25) is 9.36 Å². The number of nitrogens with zero attached hydrogens (tertiary/aromatic N) is 3. The van der Waals surface area contributed by atoms with Crippen LogP contribution in [0.4, 0.5) is 0 Å². The van der Waals surface area contributed by atoms with Gasteiger partial charge in [-0.25, -0.2) is 9.79 Å². The second-order valence-electron chi connectivity index (χ2n) is 10.7. The Morgan fingerprint density at radius 2 is 1.85 bits per heavy atom. The Labute approximate surface area is 278 Å². The maximum Gasteiger partial charge on any atom is 0.338 e. The molecule has 9 nitrogen and oxygen atoms in total. The molecular formula is C35H32BrN3O6S. The van der Waals surface area contributed by atoms with Crippen LogP contribution in [-0.2, 0) is 16.1 Å². The van der Waals surface area contributed by atoms with Crippen LogP contribution < -0.4 is 29.1 Å². The van der Waals surface area contributed by atoms with Crippen molar-refractivity contribution in [1.29, 1.82) is 5.26 Å². The largest absolute Gasteiger partial charge is 0.494 e. The lowest BCUT2D eigenvalue weighted by molar-refractivity contribution is -0.143. The molecule has 0 bridgehead atoms. The predicted molar refractivity (Wildman–Crippen MR) is 179 cm³/mol. The molecule has 11 heteroatoms. The van der Waals surface area contributed by atoms with Gasteiger partial charge >= 0.3 is 5.97 Å². The fraction of sp³-hybridized carbons (Fsp3) is 0.257. The summed E-state index contributed by atoms with van der Waals surface area (Å²) in [6, 6.07) is 19.5. The van der Waals surface area contributed by atoms with Gasteiger partial charge in [-0.2, -0.15) is 5.26 Å². The van der Waals surface area contributed by atoms with E-state index in [9.17, 15) is 9.59 Å². The van der Waals surface area contributed by atoms with Gasteiger partial charge in [0.15, 0.2) is 16.3 Å². The summed E-state index contributed by atoms with van der Waals surface area (Å²) in [5, 5.41) is 9.04. The molecule has 0 aliphatic carbocycles. The normalized spacial score (nSPS) is 14.4. The molecule has 5 rings (SSSR count). The van der Waals surface area contributed by atoms with Crippen molar-refractivity contribution in [3.63, 3.8) is 0 Å². The monoisotopic (exact) mass is 701 g/mol. The SMILES string of the molecule is CCOc1ccc([C@H]2C(C(=O)OC(C)C)=C(C)N=c3s/c(=C\c4cc(Br)c(OCc5ccc(C#N)cc5)c(OC)c4)c(=O)n32)cc1. The maximum atomic E-state index is 14.1. The van der Waals surface area contributed by atoms with Gasteiger partial charge in [-0.15, -0.1) is 0 Å². The number of ether oxygens (including phenoxy) is 4. The van der Waals surface area contributed by atoms with Crippen molar-refractivity contribution in [2.45, 2.75) is 46.4 Å². The lowest BCUT2D eigenvalue weighted by atomic mass is 9.96. The number of esters is 1. The summed E-state index contributed by atoms with van der Waals surface area (Å²) in [4.78, 5) is 32.6. The maximum absolute atomic E-state index is 14.1. The molecule has 0 amide bonds. The topological polar surface area (TPSA) is 112 Å². The van der Waals surface area contributed by atoms with E-state index in [4.69, 9.17) is 24.2 Å². The first-order valence-electron chi connectivity index (χ1n) is 14.6. The Morgan fingerprint density at radius 1 is 1.13 bits per heavy atom. The number of nitriles is 1. The van der Waals surface area contributed by atoms with Crippen molar-refractivity contribution >= 4 is 39.3 Å². The first-order valence-corrected chi connectivity index (χ1v) is 16.2. The quantitative estimate of drug-likeness (QED) is 0.192. The Hall–Kier alpha value is -4.66. The van der Waals surface area contributed by atoms with Crippen molar-refractivity contribution in [3.8, 4) is 23.3 Å². The second-order valence-corrected chi connectivity index (χ2v) is 12.5. The van der Waals surface area contributed by atoms with E-state index in [1.54, 1.807) is 56.7 Å². The molecular weight excluding hydrogens is 670 g/mol. The van der Waals surface area contributed by atoms with Crippen LogP contribution in [0.5, 0.6) is 17.2 Å². The average Bonchev–Trinajstić information content (AvgIpc) is 3.33. The van der Waals surface area contributed by atoms with E-state index in [1.807, 2.05) is 49.4 Å². The number of aromatic nitrogens is 1. The van der Waals surface area contributed by atoms with Gasteiger partial charge in [0, 0.05) is 0 Å². The van der Waals surface area contributed by atoms with Crippen molar-refractivity contribution < 1.29 is 23.7 Å². The van der Waals surface area contributed by atoms with Crippen LogP contribution in [0.2, 0.25) is 0 Å². The van der Waals surface area contributed by atoms with Crippen LogP contribution in [0.15, 0.2) is 86.2 Å². The molecule has 0 N–H and O–H groups in total. The number of methoxy groups -OCH3 is 1. The predicted octanol–water partition coefficient (Wildman–Crippen LogP) is 5.81. The van der Waals surface area contributed by atoms with Crippen molar-refractivity contribution in [3.05, 3.63) is 118 Å². The van der Waals surface area contributed by atoms with Crippen LogP contribution in [0.3, 0.4) is 0 Å². The molecule has 0 saturated heterocycles. The first kappa shape index (κ1) is 32.7. The van der Waals surface area contributed by atoms with Crippen LogP contribution in [0, 0.1) is 11.3 Å². The number of thiazole rings is 1. The number of rotatable bonds is 10. The Bertz CT molecular complexity index is 2020. The van der Waals surface area contributed by atoms with E-state index < -0.39 is 12.0 Å². The fourth-order valence-corrected chi connectivity index (χ4v) is 6.66. The number of allylic oxidation sites excluding steroid dienone is 1. The van der Waals surface area contributed by atoms with Crippen molar-refractivity contribution in [2.24, 2.45) is 4.99 Å². The molecule has 3 aromatic carbocycles. The molecule has 1 atom stereocenters. The zero-order chi connectivity index (χ0) is 33.0. The second kappa shape index (κ2) is 14.2. The Morgan fingerprint density at radius 3 is 2.48 bits per heavy atom. The molecule has 0 saturated carbocycles. The summed E-state index contributed by atoms with van der Waals surface area (Å²) in [5.41, 5.74) is 3.41. The van der Waals surface area contributed by atoms with Crippen molar-refractivity contribution in [2.75, 3.05) is 13.7 Å². The molecule has 0 unspecified atom stereocenters. The number of halogens is 1.